The van der Waals surface area contributed by atoms with Crippen molar-refractivity contribution in [1.29, 1.82) is 0 Å². The molecule has 1 unspecified atom stereocenters. The average Bonchev–Trinajstić information content (AvgIpc) is 2.83. The van der Waals surface area contributed by atoms with Crippen LogP contribution in [0.5, 0.6) is 0 Å². The van der Waals surface area contributed by atoms with Gasteiger partial charge in [-0.25, -0.2) is 13.4 Å². The van der Waals surface area contributed by atoms with Gasteiger partial charge in [0, 0.05) is 18.7 Å². The number of hydrogen-bond donors (Lipinski definition) is 0. The number of rotatable bonds is 6. The second-order valence-electron chi connectivity index (χ2n) is 9.72. The van der Waals surface area contributed by atoms with Gasteiger partial charge in [0.1, 0.15) is 5.82 Å². The number of benzene rings is 1. The summed E-state index contributed by atoms with van der Waals surface area (Å²) in [5.74, 6) is 0.495. The molecule has 0 radical (unpaired) electrons. The molecule has 192 valence electrons. The van der Waals surface area contributed by atoms with Gasteiger partial charge in [0.2, 0.25) is 9.84 Å². The Balaban J connectivity index is 1.71. The van der Waals surface area contributed by atoms with Crippen LogP contribution in [0.3, 0.4) is 0 Å². The van der Waals surface area contributed by atoms with E-state index in [1.165, 1.54) is 6.07 Å². The molecule has 0 bridgehead atoms. The number of pyridine rings is 2. The lowest BCUT2D eigenvalue weighted by molar-refractivity contribution is -0.137. The molecule has 1 aliphatic rings. The largest absolute Gasteiger partial charge is 0.418 e. The molecular formula is C27H30F3N3O2S. The Morgan fingerprint density at radius 3 is 2.47 bits per heavy atom. The van der Waals surface area contributed by atoms with Crippen LogP contribution in [-0.4, -0.2) is 31.5 Å². The normalized spacial score (nSPS) is 17.0. The average molecular weight is 518 g/mol. The van der Waals surface area contributed by atoms with Crippen LogP contribution >= 0.6 is 0 Å². The predicted molar refractivity (Wildman–Crippen MR) is 135 cm³/mol. The lowest BCUT2D eigenvalue weighted by Crippen LogP contribution is -2.35. The molecule has 1 aliphatic heterocycles. The van der Waals surface area contributed by atoms with Crippen molar-refractivity contribution >= 4 is 15.7 Å². The first kappa shape index (κ1) is 26.1. The first-order valence-electron chi connectivity index (χ1n) is 12.1. The van der Waals surface area contributed by atoms with Crippen molar-refractivity contribution in [3.8, 4) is 11.3 Å². The zero-order valence-corrected chi connectivity index (χ0v) is 21.4. The van der Waals surface area contributed by atoms with Crippen LogP contribution in [0.25, 0.3) is 11.3 Å². The molecule has 0 N–H and O–H groups in total. The van der Waals surface area contributed by atoms with Crippen LogP contribution in [0.2, 0.25) is 0 Å². The maximum atomic E-state index is 13.9. The van der Waals surface area contributed by atoms with Crippen LogP contribution in [0.15, 0.2) is 59.6 Å². The van der Waals surface area contributed by atoms with Crippen molar-refractivity contribution in [2.45, 2.75) is 56.5 Å². The fourth-order valence-electron chi connectivity index (χ4n) is 4.65. The lowest BCUT2D eigenvalue weighted by Gasteiger charge is -2.32. The number of piperidine rings is 1. The van der Waals surface area contributed by atoms with Gasteiger partial charge in [0.25, 0.3) is 0 Å². The van der Waals surface area contributed by atoms with Crippen LogP contribution in [0.4, 0.5) is 19.0 Å². The first-order valence-corrected chi connectivity index (χ1v) is 13.7. The lowest BCUT2D eigenvalue weighted by atomic mass is 9.93. The van der Waals surface area contributed by atoms with Gasteiger partial charge in [-0.15, -0.1) is 0 Å². The maximum Gasteiger partial charge on any atom is 0.418 e. The van der Waals surface area contributed by atoms with Gasteiger partial charge in [0.15, 0.2) is 5.03 Å². The summed E-state index contributed by atoms with van der Waals surface area (Å²) in [6, 6.07) is 13.7. The third-order valence-corrected chi connectivity index (χ3v) is 7.98. The number of aromatic nitrogens is 2. The number of anilines is 1. The van der Waals surface area contributed by atoms with E-state index in [0.717, 1.165) is 38.1 Å². The molecule has 2 aromatic heterocycles. The van der Waals surface area contributed by atoms with Crippen LogP contribution in [0.1, 0.15) is 56.4 Å². The van der Waals surface area contributed by atoms with Crippen molar-refractivity contribution < 1.29 is 21.6 Å². The van der Waals surface area contributed by atoms with Gasteiger partial charge in [-0.1, -0.05) is 51.1 Å². The quantitative estimate of drug-likeness (QED) is 0.374. The third kappa shape index (κ3) is 5.72. The molecule has 0 aliphatic carbocycles. The summed E-state index contributed by atoms with van der Waals surface area (Å²) in [6.07, 6.45) is -2.50. The van der Waals surface area contributed by atoms with Gasteiger partial charge >= 0.3 is 6.18 Å². The minimum Gasteiger partial charge on any atom is -0.356 e. The monoisotopic (exact) mass is 517 g/mol. The summed E-state index contributed by atoms with van der Waals surface area (Å²) in [6.45, 7) is 7.54. The third-order valence-electron chi connectivity index (χ3n) is 6.44. The highest BCUT2D eigenvalue weighted by Gasteiger charge is 2.35. The summed E-state index contributed by atoms with van der Waals surface area (Å²) in [5.41, 5.74) is -0.0611. The van der Waals surface area contributed by atoms with E-state index in [2.05, 4.69) is 21.8 Å². The van der Waals surface area contributed by atoms with E-state index < -0.39 is 27.3 Å². The molecule has 0 amide bonds. The molecule has 3 aromatic rings. The van der Waals surface area contributed by atoms with E-state index in [9.17, 15) is 21.6 Å². The second-order valence-corrected chi connectivity index (χ2v) is 11.7. The minimum atomic E-state index is -4.63. The molecule has 1 aromatic carbocycles. The summed E-state index contributed by atoms with van der Waals surface area (Å²) in [7, 11) is -3.94. The number of hydrogen-bond acceptors (Lipinski definition) is 5. The summed E-state index contributed by atoms with van der Waals surface area (Å²) in [5, 5.41) is -0.107. The molecule has 1 fully saturated rings. The maximum absolute atomic E-state index is 13.9. The van der Waals surface area contributed by atoms with Crippen LogP contribution < -0.4 is 4.90 Å². The van der Waals surface area contributed by atoms with E-state index in [-0.39, 0.29) is 22.3 Å². The molecule has 36 heavy (non-hydrogen) atoms. The van der Waals surface area contributed by atoms with E-state index in [1.807, 2.05) is 13.8 Å². The SMILES string of the molecule is CC1CCCN(c2cccc(S(=O)(=O)Cc3ccc(C(F)(F)F)c(-c4ccccc4C(C)C)n3)n2)C1. The number of sulfone groups is 1. The topological polar surface area (TPSA) is 63.2 Å². The summed E-state index contributed by atoms with van der Waals surface area (Å²) in [4.78, 5) is 10.7. The molecule has 3 heterocycles. The highest BCUT2D eigenvalue weighted by atomic mass is 32.2. The van der Waals surface area contributed by atoms with E-state index in [0.29, 0.717) is 22.9 Å². The van der Waals surface area contributed by atoms with Gasteiger partial charge in [0.05, 0.1) is 22.7 Å². The molecule has 5 nitrogen and oxygen atoms in total. The van der Waals surface area contributed by atoms with Crippen LogP contribution in [0, 0.1) is 5.92 Å². The number of halogens is 3. The molecular weight excluding hydrogens is 487 g/mol. The molecule has 0 saturated carbocycles. The Morgan fingerprint density at radius 2 is 1.78 bits per heavy atom. The Bertz CT molecular complexity index is 1340. The number of nitrogens with zero attached hydrogens (tertiary/aromatic N) is 3. The van der Waals surface area contributed by atoms with Crippen molar-refractivity contribution in [2.75, 3.05) is 18.0 Å². The van der Waals surface area contributed by atoms with Gasteiger partial charge in [-0.3, -0.25) is 4.98 Å². The van der Waals surface area contributed by atoms with E-state index in [4.69, 9.17) is 0 Å². The second kappa shape index (κ2) is 10.2. The summed E-state index contributed by atoms with van der Waals surface area (Å²) >= 11 is 0. The highest BCUT2D eigenvalue weighted by Crippen LogP contribution is 2.39. The Morgan fingerprint density at radius 1 is 1.03 bits per heavy atom. The highest BCUT2D eigenvalue weighted by molar-refractivity contribution is 7.90. The Labute approximate surface area is 210 Å². The van der Waals surface area contributed by atoms with Gasteiger partial charge in [-0.05, 0) is 54.5 Å². The van der Waals surface area contributed by atoms with Crippen molar-refractivity contribution in [2.24, 2.45) is 5.92 Å². The Hall–Kier alpha value is -2.94. The van der Waals surface area contributed by atoms with Gasteiger partial charge in [-0.2, -0.15) is 13.2 Å². The van der Waals surface area contributed by atoms with Crippen molar-refractivity contribution in [1.82, 2.24) is 9.97 Å². The molecule has 1 saturated heterocycles. The smallest absolute Gasteiger partial charge is 0.356 e. The molecule has 1 atom stereocenters. The summed E-state index contributed by atoms with van der Waals surface area (Å²) < 4.78 is 68.2. The van der Waals surface area contributed by atoms with E-state index >= 15 is 0 Å². The standard InChI is InChI=1S/C27H30F3N3O2S/c1-18(2)21-9-4-5-10-22(21)26-23(27(28,29)30)14-13-20(31-26)17-36(34,35)25-12-6-11-24(32-25)33-15-7-8-19(3)16-33/h4-6,9-14,18-19H,7-8,15-17H2,1-3H3. The van der Waals surface area contributed by atoms with Gasteiger partial charge < -0.3 is 4.90 Å². The van der Waals surface area contributed by atoms with Crippen molar-refractivity contribution in [3.05, 3.63) is 71.4 Å². The Kier molecular flexibility index (Phi) is 7.41. The fraction of sp³-hybridized carbons (Fsp3) is 0.407. The molecule has 9 heteroatoms. The van der Waals surface area contributed by atoms with E-state index in [1.54, 1.807) is 36.4 Å². The number of alkyl halides is 3. The van der Waals surface area contributed by atoms with Crippen LogP contribution in [-0.2, 0) is 21.8 Å². The molecule has 4 rings (SSSR count). The molecule has 0 spiro atoms. The zero-order valence-electron chi connectivity index (χ0n) is 20.6. The first-order chi connectivity index (χ1) is 17.0. The fourth-order valence-corrected chi connectivity index (χ4v) is 5.87. The zero-order chi connectivity index (χ0) is 26.1. The van der Waals surface area contributed by atoms with Crippen molar-refractivity contribution in [3.63, 3.8) is 0 Å². The predicted octanol–water partition coefficient (Wildman–Crippen LogP) is 6.50. The minimum absolute atomic E-state index is 0.0374.